The molecule has 0 aromatic heterocycles. The van der Waals surface area contributed by atoms with Crippen LogP contribution in [0.15, 0.2) is 0 Å². The summed E-state index contributed by atoms with van der Waals surface area (Å²) in [5.41, 5.74) is 0. The van der Waals surface area contributed by atoms with E-state index in [-0.39, 0.29) is 0 Å². The van der Waals surface area contributed by atoms with Crippen LogP contribution in [-0.2, 0) is 0 Å². The van der Waals surface area contributed by atoms with Gasteiger partial charge >= 0.3 is 0 Å². The topological polar surface area (TPSA) is 18.5 Å². The van der Waals surface area contributed by atoms with Crippen LogP contribution in [-0.4, -0.2) is 62.7 Å². The third-order valence-corrected chi connectivity index (χ3v) is 3.19. The molecule has 0 heterocycles. The molecule has 16 heavy (non-hydrogen) atoms. The zero-order chi connectivity index (χ0) is 12.2. The first-order valence-corrected chi connectivity index (χ1v) is 6.87. The third-order valence-electron chi connectivity index (χ3n) is 3.19. The van der Waals surface area contributed by atoms with E-state index in [1.54, 1.807) is 0 Å². The fourth-order valence-electron chi connectivity index (χ4n) is 1.97. The Hall–Kier alpha value is -0.120. The van der Waals surface area contributed by atoms with E-state index in [0.717, 1.165) is 6.54 Å². The minimum atomic E-state index is 1.13. The van der Waals surface area contributed by atoms with Crippen LogP contribution in [0, 0.1) is 0 Å². The number of hydrogen-bond donors (Lipinski definition) is 1. The normalized spacial score (nSPS) is 11.6. The monoisotopic (exact) mass is 229 g/mol. The summed E-state index contributed by atoms with van der Waals surface area (Å²) in [5.74, 6) is 0. The molecule has 0 aromatic carbocycles. The summed E-state index contributed by atoms with van der Waals surface area (Å²) in [6.45, 7) is 15.2. The average molecular weight is 229 g/mol. The van der Waals surface area contributed by atoms with Gasteiger partial charge in [-0.15, -0.1) is 0 Å². The van der Waals surface area contributed by atoms with Crippen molar-refractivity contribution in [2.75, 3.05) is 52.9 Å². The molecule has 0 radical (unpaired) electrons. The van der Waals surface area contributed by atoms with Gasteiger partial charge < -0.3 is 15.1 Å². The van der Waals surface area contributed by atoms with Crippen LogP contribution in [0.1, 0.15) is 33.6 Å². The zero-order valence-corrected chi connectivity index (χ0v) is 11.8. The first-order chi connectivity index (χ1) is 7.78. The Morgan fingerprint density at radius 3 is 1.75 bits per heavy atom. The van der Waals surface area contributed by atoms with Crippen molar-refractivity contribution in [2.45, 2.75) is 33.6 Å². The highest BCUT2D eigenvalue weighted by atomic mass is 15.1. The van der Waals surface area contributed by atoms with E-state index >= 15 is 0 Å². The van der Waals surface area contributed by atoms with Crippen molar-refractivity contribution < 1.29 is 0 Å². The van der Waals surface area contributed by atoms with Crippen LogP contribution in [0.25, 0.3) is 0 Å². The van der Waals surface area contributed by atoms with E-state index in [1.807, 2.05) is 7.05 Å². The van der Waals surface area contributed by atoms with Gasteiger partial charge in [0.1, 0.15) is 0 Å². The van der Waals surface area contributed by atoms with E-state index in [0.29, 0.717) is 0 Å². The second kappa shape index (κ2) is 11.4. The first-order valence-electron chi connectivity index (χ1n) is 6.87. The molecule has 98 valence electrons. The van der Waals surface area contributed by atoms with Crippen molar-refractivity contribution >= 4 is 0 Å². The maximum Gasteiger partial charge on any atom is -0.000665 e. The lowest BCUT2D eigenvalue weighted by atomic mass is 10.3. The number of hydrogen-bond acceptors (Lipinski definition) is 3. The van der Waals surface area contributed by atoms with Crippen LogP contribution >= 0.6 is 0 Å². The molecule has 0 aliphatic carbocycles. The predicted molar refractivity (Wildman–Crippen MR) is 73.1 cm³/mol. The lowest BCUT2D eigenvalue weighted by Crippen LogP contribution is -2.31. The lowest BCUT2D eigenvalue weighted by molar-refractivity contribution is 0.242. The molecule has 0 unspecified atom stereocenters. The molecule has 0 spiro atoms. The van der Waals surface area contributed by atoms with Gasteiger partial charge in [0, 0.05) is 0 Å². The summed E-state index contributed by atoms with van der Waals surface area (Å²) >= 11 is 0. The fraction of sp³-hybridized carbons (Fsp3) is 1.00. The molecular weight excluding hydrogens is 198 g/mol. The molecule has 0 aliphatic rings. The quantitative estimate of drug-likeness (QED) is 0.544. The van der Waals surface area contributed by atoms with E-state index in [9.17, 15) is 0 Å². The molecule has 0 rings (SSSR count). The van der Waals surface area contributed by atoms with E-state index in [4.69, 9.17) is 0 Å². The predicted octanol–water partition coefficient (Wildman–Crippen LogP) is 1.65. The zero-order valence-electron chi connectivity index (χ0n) is 11.8. The van der Waals surface area contributed by atoms with Gasteiger partial charge in [-0.25, -0.2) is 0 Å². The first kappa shape index (κ1) is 15.9. The Balaban J connectivity index is 3.53. The van der Waals surface area contributed by atoms with Crippen LogP contribution in [0.4, 0.5) is 0 Å². The molecule has 0 aliphatic heterocycles. The highest BCUT2D eigenvalue weighted by Crippen LogP contribution is 1.96. The van der Waals surface area contributed by atoms with Crippen LogP contribution in [0.3, 0.4) is 0 Å². The Kier molecular flexibility index (Phi) is 11.3. The number of rotatable bonds is 11. The largest absolute Gasteiger partial charge is 0.320 e. The summed E-state index contributed by atoms with van der Waals surface area (Å²) in [4.78, 5) is 5.06. The van der Waals surface area contributed by atoms with Gasteiger partial charge in [0.25, 0.3) is 0 Å². The molecule has 1 N–H and O–H groups in total. The standard InChI is InChI=1S/C13H31N3/c1-5-15(6-2)12-9-13-16(7-3)11-8-10-14-4/h14H,5-13H2,1-4H3. The van der Waals surface area contributed by atoms with Crippen LogP contribution < -0.4 is 5.32 Å². The maximum atomic E-state index is 3.20. The van der Waals surface area contributed by atoms with E-state index in [2.05, 4.69) is 35.9 Å². The minimum absolute atomic E-state index is 1.13. The van der Waals surface area contributed by atoms with E-state index < -0.39 is 0 Å². The fourth-order valence-corrected chi connectivity index (χ4v) is 1.97. The second-order valence-corrected chi connectivity index (χ2v) is 4.27. The second-order valence-electron chi connectivity index (χ2n) is 4.27. The summed E-state index contributed by atoms with van der Waals surface area (Å²) in [6.07, 6.45) is 2.56. The molecule has 0 amide bonds. The van der Waals surface area contributed by atoms with Crippen molar-refractivity contribution in [1.82, 2.24) is 15.1 Å². The summed E-state index contributed by atoms with van der Waals surface area (Å²) in [5, 5.41) is 3.20. The van der Waals surface area contributed by atoms with Gasteiger partial charge in [-0.3, -0.25) is 0 Å². The minimum Gasteiger partial charge on any atom is -0.320 e. The van der Waals surface area contributed by atoms with E-state index in [1.165, 1.54) is 52.1 Å². The average Bonchev–Trinajstić information content (AvgIpc) is 2.32. The van der Waals surface area contributed by atoms with Crippen molar-refractivity contribution in [2.24, 2.45) is 0 Å². The van der Waals surface area contributed by atoms with Gasteiger partial charge in [-0.1, -0.05) is 20.8 Å². The van der Waals surface area contributed by atoms with Gasteiger partial charge in [-0.2, -0.15) is 0 Å². The van der Waals surface area contributed by atoms with Crippen LogP contribution in [0.5, 0.6) is 0 Å². The van der Waals surface area contributed by atoms with Crippen molar-refractivity contribution in [3.05, 3.63) is 0 Å². The highest BCUT2D eigenvalue weighted by Gasteiger charge is 2.03. The number of nitrogens with zero attached hydrogens (tertiary/aromatic N) is 2. The number of nitrogens with one attached hydrogen (secondary N) is 1. The van der Waals surface area contributed by atoms with Crippen molar-refractivity contribution in [3.8, 4) is 0 Å². The summed E-state index contributed by atoms with van der Waals surface area (Å²) in [6, 6.07) is 0. The Bertz CT molecular complexity index is 135. The molecule has 0 saturated heterocycles. The van der Waals surface area contributed by atoms with Crippen LogP contribution in [0.2, 0.25) is 0 Å². The smallest absolute Gasteiger partial charge is 0.000665 e. The summed E-state index contributed by atoms with van der Waals surface area (Å²) in [7, 11) is 2.02. The molecule has 3 nitrogen and oxygen atoms in total. The Morgan fingerprint density at radius 1 is 0.750 bits per heavy atom. The van der Waals surface area contributed by atoms with Gasteiger partial charge in [0.15, 0.2) is 0 Å². The maximum absolute atomic E-state index is 3.20. The lowest BCUT2D eigenvalue weighted by Gasteiger charge is -2.23. The molecule has 0 aromatic rings. The van der Waals surface area contributed by atoms with Gasteiger partial charge in [0.05, 0.1) is 0 Å². The van der Waals surface area contributed by atoms with Gasteiger partial charge in [-0.05, 0) is 65.7 Å². The molecule has 0 bridgehead atoms. The Labute approximate surface area is 102 Å². The van der Waals surface area contributed by atoms with Crippen molar-refractivity contribution in [3.63, 3.8) is 0 Å². The third kappa shape index (κ3) is 8.08. The molecule has 0 atom stereocenters. The van der Waals surface area contributed by atoms with Crippen molar-refractivity contribution in [1.29, 1.82) is 0 Å². The molecular formula is C13H31N3. The van der Waals surface area contributed by atoms with Gasteiger partial charge in [0.2, 0.25) is 0 Å². The molecule has 0 fully saturated rings. The SMILES string of the molecule is CCN(CC)CCCN(CC)CCCNC. The Morgan fingerprint density at radius 2 is 1.25 bits per heavy atom. The highest BCUT2D eigenvalue weighted by molar-refractivity contribution is 4.59. The summed E-state index contributed by atoms with van der Waals surface area (Å²) < 4.78 is 0. The molecule has 3 heteroatoms. The molecule has 0 saturated carbocycles.